The number of nitrogens with zero attached hydrogens (tertiary/aromatic N) is 1. The van der Waals surface area contributed by atoms with Gasteiger partial charge < -0.3 is 24.7 Å². The van der Waals surface area contributed by atoms with E-state index in [0.717, 1.165) is 6.42 Å². The topological polar surface area (TPSA) is 83.8 Å². The van der Waals surface area contributed by atoms with Gasteiger partial charge in [0.2, 0.25) is 0 Å². The van der Waals surface area contributed by atoms with Crippen molar-refractivity contribution < 1.29 is 18.7 Å². The van der Waals surface area contributed by atoms with E-state index in [4.69, 9.17) is 9.15 Å². The summed E-state index contributed by atoms with van der Waals surface area (Å²) in [5, 5.41) is 5.60. The van der Waals surface area contributed by atoms with Gasteiger partial charge >= 0.3 is 6.03 Å². The molecule has 1 fully saturated rings. The molecule has 3 amide bonds. The van der Waals surface area contributed by atoms with Crippen LogP contribution in [0.15, 0.2) is 53.1 Å². The molecule has 3 rings (SSSR count). The van der Waals surface area contributed by atoms with E-state index in [1.807, 2.05) is 30.3 Å². The predicted octanol–water partition coefficient (Wildman–Crippen LogP) is 1.76. The number of carbonyl (C=O) groups excluding carboxylic acids is 2. The summed E-state index contributed by atoms with van der Waals surface area (Å²) < 4.78 is 10.6. The Morgan fingerprint density at radius 1 is 1.20 bits per heavy atom. The molecule has 7 heteroatoms. The molecule has 0 spiro atoms. The van der Waals surface area contributed by atoms with Crippen molar-refractivity contribution in [2.45, 2.75) is 19.0 Å². The quantitative estimate of drug-likeness (QED) is 0.837. The average molecular weight is 343 g/mol. The van der Waals surface area contributed by atoms with Gasteiger partial charge in [-0.15, -0.1) is 0 Å². The molecule has 25 heavy (non-hydrogen) atoms. The zero-order valence-electron chi connectivity index (χ0n) is 13.8. The molecule has 0 saturated carbocycles. The van der Waals surface area contributed by atoms with Crippen LogP contribution in [0.2, 0.25) is 0 Å². The Bertz CT molecular complexity index is 688. The van der Waals surface area contributed by atoms with Gasteiger partial charge in [0.1, 0.15) is 11.5 Å². The number of rotatable bonds is 6. The maximum atomic E-state index is 12.2. The summed E-state index contributed by atoms with van der Waals surface area (Å²) in [4.78, 5) is 25.8. The highest BCUT2D eigenvalue weighted by molar-refractivity contribution is 5.78. The van der Waals surface area contributed by atoms with E-state index in [-0.39, 0.29) is 24.6 Å². The predicted molar refractivity (Wildman–Crippen MR) is 91.0 cm³/mol. The van der Waals surface area contributed by atoms with Crippen LogP contribution in [0.4, 0.5) is 4.79 Å². The smallest absolute Gasteiger partial charge is 0.315 e. The average Bonchev–Trinajstić information content (AvgIpc) is 3.31. The monoisotopic (exact) mass is 343 g/mol. The molecule has 0 unspecified atom stereocenters. The van der Waals surface area contributed by atoms with Crippen LogP contribution >= 0.6 is 0 Å². The molecular formula is C18H21N3O4. The second-order valence-electron chi connectivity index (χ2n) is 5.83. The van der Waals surface area contributed by atoms with Crippen molar-refractivity contribution in [3.8, 4) is 5.75 Å². The van der Waals surface area contributed by atoms with Crippen molar-refractivity contribution in [3.05, 3.63) is 54.5 Å². The summed E-state index contributed by atoms with van der Waals surface area (Å²) in [6, 6.07) is 12.5. The van der Waals surface area contributed by atoms with Gasteiger partial charge in [0.25, 0.3) is 5.91 Å². The minimum atomic E-state index is -0.267. The molecule has 0 radical (unpaired) electrons. The zero-order valence-corrected chi connectivity index (χ0v) is 13.8. The lowest BCUT2D eigenvalue weighted by molar-refractivity contribution is -0.132. The summed E-state index contributed by atoms with van der Waals surface area (Å²) in [6.45, 7) is 1.44. The van der Waals surface area contributed by atoms with E-state index in [2.05, 4.69) is 10.6 Å². The number of ether oxygens (including phenoxy) is 1. The van der Waals surface area contributed by atoms with Gasteiger partial charge in [0, 0.05) is 19.1 Å². The number of para-hydroxylation sites is 1. The van der Waals surface area contributed by atoms with E-state index >= 15 is 0 Å². The minimum absolute atomic E-state index is 0.00141. The number of furan rings is 1. The van der Waals surface area contributed by atoms with Crippen molar-refractivity contribution in [2.24, 2.45) is 0 Å². The maximum absolute atomic E-state index is 12.2. The molecule has 1 aliphatic heterocycles. The Morgan fingerprint density at radius 3 is 2.80 bits per heavy atom. The molecule has 1 aliphatic rings. The fourth-order valence-electron chi connectivity index (χ4n) is 2.67. The molecule has 2 aromatic rings. The minimum Gasteiger partial charge on any atom is -0.484 e. The highest BCUT2D eigenvalue weighted by Crippen LogP contribution is 2.12. The molecule has 2 heterocycles. The third-order valence-electron chi connectivity index (χ3n) is 3.98. The number of nitrogens with one attached hydrogen (secondary N) is 2. The van der Waals surface area contributed by atoms with Gasteiger partial charge in [0.05, 0.1) is 12.8 Å². The summed E-state index contributed by atoms with van der Waals surface area (Å²) >= 11 is 0. The summed E-state index contributed by atoms with van der Waals surface area (Å²) in [5.41, 5.74) is 0. The fraction of sp³-hybridized carbons (Fsp3) is 0.333. The van der Waals surface area contributed by atoms with Gasteiger partial charge in [-0.3, -0.25) is 4.79 Å². The standard InChI is InChI=1S/C18H21N3O4/c22-17(13-25-15-5-2-1-3-6-15)21-9-8-14(12-21)20-18(23)19-11-16-7-4-10-24-16/h1-7,10,14H,8-9,11-13H2,(H2,19,20,23)/t14-/m0/s1. The number of hydrogen-bond acceptors (Lipinski definition) is 4. The van der Waals surface area contributed by atoms with Crippen LogP contribution in [0.5, 0.6) is 5.75 Å². The van der Waals surface area contributed by atoms with Gasteiger partial charge in [-0.05, 0) is 30.7 Å². The number of likely N-dealkylation sites (tertiary alicyclic amines) is 1. The Morgan fingerprint density at radius 2 is 2.04 bits per heavy atom. The van der Waals surface area contributed by atoms with Crippen LogP contribution in [0, 0.1) is 0 Å². The zero-order chi connectivity index (χ0) is 17.5. The van der Waals surface area contributed by atoms with Crippen molar-refractivity contribution in [3.63, 3.8) is 0 Å². The van der Waals surface area contributed by atoms with E-state index < -0.39 is 0 Å². The first-order chi connectivity index (χ1) is 12.2. The number of hydrogen-bond donors (Lipinski definition) is 2. The lowest BCUT2D eigenvalue weighted by atomic mass is 10.3. The van der Waals surface area contributed by atoms with Crippen molar-refractivity contribution in [2.75, 3.05) is 19.7 Å². The van der Waals surface area contributed by atoms with Gasteiger partial charge in [-0.25, -0.2) is 4.79 Å². The fourth-order valence-corrected chi connectivity index (χ4v) is 2.67. The van der Waals surface area contributed by atoms with Gasteiger partial charge in [-0.2, -0.15) is 0 Å². The maximum Gasteiger partial charge on any atom is 0.315 e. The molecular weight excluding hydrogens is 322 g/mol. The molecule has 1 aromatic heterocycles. The van der Waals surface area contributed by atoms with Crippen LogP contribution < -0.4 is 15.4 Å². The van der Waals surface area contributed by atoms with Crippen LogP contribution in [-0.2, 0) is 11.3 Å². The van der Waals surface area contributed by atoms with Crippen LogP contribution in [-0.4, -0.2) is 42.6 Å². The second-order valence-corrected chi connectivity index (χ2v) is 5.83. The number of amides is 3. The number of urea groups is 1. The van der Waals surface area contributed by atoms with Crippen LogP contribution in [0.3, 0.4) is 0 Å². The van der Waals surface area contributed by atoms with Crippen LogP contribution in [0.25, 0.3) is 0 Å². The first kappa shape index (κ1) is 16.9. The van der Waals surface area contributed by atoms with Crippen molar-refractivity contribution >= 4 is 11.9 Å². The Kier molecular flexibility index (Phi) is 5.56. The SMILES string of the molecule is O=C(NCc1ccco1)N[C@H]1CCN(C(=O)COc2ccccc2)C1. The van der Waals surface area contributed by atoms with Crippen LogP contribution in [0.1, 0.15) is 12.2 Å². The molecule has 0 aliphatic carbocycles. The van der Waals surface area contributed by atoms with E-state index in [1.165, 1.54) is 0 Å². The largest absolute Gasteiger partial charge is 0.484 e. The first-order valence-electron chi connectivity index (χ1n) is 8.23. The highest BCUT2D eigenvalue weighted by Gasteiger charge is 2.27. The summed E-state index contributed by atoms with van der Waals surface area (Å²) in [6.07, 6.45) is 2.29. The third-order valence-corrected chi connectivity index (χ3v) is 3.98. The van der Waals surface area contributed by atoms with Gasteiger partial charge in [0.15, 0.2) is 6.61 Å². The molecule has 1 aromatic carbocycles. The molecule has 1 saturated heterocycles. The first-order valence-corrected chi connectivity index (χ1v) is 8.23. The Hall–Kier alpha value is -2.96. The molecule has 0 bridgehead atoms. The summed E-state index contributed by atoms with van der Waals surface area (Å²) in [7, 11) is 0. The lowest BCUT2D eigenvalue weighted by Crippen LogP contribution is -2.44. The molecule has 1 atom stereocenters. The van der Waals surface area contributed by atoms with Gasteiger partial charge in [-0.1, -0.05) is 18.2 Å². The second kappa shape index (κ2) is 8.23. The molecule has 2 N–H and O–H groups in total. The third kappa shape index (κ3) is 5.00. The van der Waals surface area contributed by atoms with E-state index in [1.54, 1.807) is 23.3 Å². The molecule has 132 valence electrons. The summed E-state index contributed by atoms with van der Waals surface area (Å²) in [5.74, 6) is 1.28. The number of carbonyl (C=O) groups is 2. The Balaban J connectivity index is 1.37. The van der Waals surface area contributed by atoms with E-state index in [9.17, 15) is 9.59 Å². The lowest BCUT2D eigenvalue weighted by Gasteiger charge is -2.17. The van der Waals surface area contributed by atoms with E-state index in [0.29, 0.717) is 31.1 Å². The highest BCUT2D eigenvalue weighted by atomic mass is 16.5. The number of benzene rings is 1. The van der Waals surface area contributed by atoms with Crippen molar-refractivity contribution in [1.29, 1.82) is 0 Å². The normalized spacial score (nSPS) is 16.5. The molecule has 7 nitrogen and oxygen atoms in total. The Labute approximate surface area is 145 Å². The van der Waals surface area contributed by atoms with Crippen molar-refractivity contribution in [1.82, 2.24) is 15.5 Å².